The number of rotatable bonds is 5. The van der Waals surface area contributed by atoms with E-state index in [1.807, 2.05) is 6.20 Å². The molecule has 0 unspecified atom stereocenters. The Morgan fingerprint density at radius 1 is 1.19 bits per heavy atom. The van der Waals surface area contributed by atoms with Crippen LogP contribution in [0.5, 0.6) is 0 Å². The number of nitrogens with one attached hydrogen (secondary N) is 1. The second-order valence-corrected chi connectivity index (χ2v) is 5.32. The zero-order chi connectivity index (χ0) is 12.0. The van der Waals surface area contributed by atoms with E-state index in [1.165, 1.54) is 24.8 Å². The fourth-order valence-electron chi connectivity index (χ4n) is 1.53. The predicted octanol–water partition coefficient (Wildman–Crippen LogP) is 3.98. The summed E-state index contributed by atoms with van der Waals surface area (Å²) in [5, 5.41) is 3.35. The fraction of sp³-hybridized carbons (Fsp3) is 0.643. The van der Waals surface area contributed by atoms with Gasteiger partial charge in [0.2, 0.25) is 0 Å². The minimum Gasteiger partial charge on any atom is -0.370 e. The Morgan fingerprint density at radius 2 is 1.94 bits per heavy atom. The predicted molar refractivity (Wildman–Crippen MR) is 71.0 cm³/mol. The average Bonchev–Trinajstić information content (AvgIpc) is 2.24. The summed E-state index contributed by atoms with van der Waals surface area (Å²) in [6.45, 7) is 9.86. The summed E-state index contributed by atoms with van der Waals surface area (Å²) < 4.78 is 0. The highest BCUT2D eigenvalue weighted by molar-refractivity contribution is 5.36. The highest BCUT2D eigenvalue weighted by Crippen LogP contribution is 2.21. The van der Waals surface area contributed by atoms with Crippen molar-refractivity contribution in [2.45, 2.75) is 52.4 Å². The number of hydrogen-bond acceptors (Lipinski definition) is 2. The molecular formula is C14H24N2. The van der Waals surface area contributed by atoms with E-state index in [0.717, 1.165) is 12.4 Å². The summed E-state index contributed by atoms with van der Waals surface area (Å²) in [6.07, 6.45) is 5.74. The molecule has 1 N–H and O–H groups in total. The molecule has 0 saturated carbocycles. The first-order valence-electron chi connectivity index (χ1n) is 6.24. The first-order chi connectivity index (χ1) is 7.54. The Morgan fingerprint density at radius 3 is 2.44 bits per heavy atom. The van der Waals surface area contributed by atoms with E-state index in [9.17, 15) is 0 Å². The van der Waals surface area contributed by atoms with Gasteiger partial charge in [-0.2, -0.15) is 0 Å². The molecule has 1 aromatic rings. The Labute approximate surface area is 99.5 Å². The highest BCUT2D eigenvalue weighted by Gasteiger charge is 2.13. The monoisotopic (exact) mass is 220 g/mol. The Balaban J connectivity index is 2.46. The Kier molecular flexibility index (Phi) is 4.78. The smallest absolute Gasteiger partial charge is 0.125 e. The van der Waals surface area contributed by atoms with Crippen LogP contribution in [0.1, 0.15) is 52.5 Å². The Hall–Kier alpha value is -1.05. The Bertz CT molecular complexity index is 296. The van der Waals surface area contributed by atoms with Crippen LogP contribution in [0, 0.1) is 0 Å². The van der Waals surface area contributed by atoms with Crippen molar-refractivity contribution in [3.05, 3.63) is 23.9 Å². The first-order valence-corrected chi connectivity index (χ1v) is 6.24. The zero-order valence-electron chi connectivity index (χ0n) is 11.0. The summed E-state index contributed by atoms with van der Waals surface area (Å²) in [7, 11) is 0. The van der Waals surface area contributed by atoms with Crippen LogP contribution in [0.2, 0.25) is 0 Å². The van der Waals surface area contributed by atoms with Crippen molar-refractivity contribution in [2.75, 3.05) is 11.9 Å². The summed E-state index contributed by atoms with van der Waals surface area (Å²) in [6, 6.07) is 4.24. The molecule has 0 fully saturated rings. The molecule has 2 heteroatoms. The largest absolute Gasteiger partial charge is 0.370 e. The third-order valence-corrected chi connectivity index (χ3v) is 2.72. The molecule has 0 saturated heterocycles. The van der Waals surface area contributed by atoms with E-state index in [1.54, 1.807) is 0 Å². The van der Waals surface area contributed by atoms with Crippen molar-refractivity contribution in [3.63, 3.8) is 0 Å². The molecule has 1 rings (SSSR count). The summed E-state index contributed by atoms with van der Waals surface area (Å²) in [4.78, 5) is 4.43. The number of pyridine rings is 1. The van der Waals surface area contributed by atoms with Gasteiger partial charge in [-0.3, -0.25) is 0 Å². The van der Waals surface area contributed by atoms with E-state index >= 15 is 0 Å². The van der Waals surface area contributed by atoms with Crippen LogP contribution in [0.4, 0.5) is 5.82 Å². The molecule has 16 heavy (non-hydrogen) atoms. The van der Waals surface area contributed by atoms with Gasteiger partial charge in [0, 0.05) is 12.7 Å². The summed E-state index contributed by atoms with van der Waals surface area (Å²) >= 11 is 0. The van der Waals surface area contributed by atoms with Crippen molar-refractivity contribution < 1.29 is 0 Å². The van der Waals surface area contributed by atoms with Gasteiger partial charge in [-0.1, -0.05) is 46.6 Å². The van der Waals surface area contributed by atoms with Crippen LogP contribution in [-0.4, -0.2) is 11.5 Å². The molecular weight excluding hydrogens is 196 g/mol. The standard InChI is InChI=1S/C14H24N2/c1-5-6-7-10-15-13-9-8-12(11-16-13)14(2,3)4/h8-9,11H,5-7,10H2,1-4H3,(H,15,16). The summed E-state index contributed by atoms with van der Waals surface area (Å²) in [5.74, 6) is 0.990. The van der Waals surface area contributed by atoms with Crippen molar-refractivity contribution in [2.24, 2.45) is 0 Å². The molecule has 0 bridgehead atoms. The van der Waals surface area contributed by atoms with Gasteiger partial charge in [-0.25, -0.2) is 4.98 Å². The molecule has 0 atom stereocenters. The molecule has 0 radical (unpaired) electrons. The van der Waals surface area contributed by atoms with Crippen LogP contribution < -0.4 is 5.32 Å². The quantitative estimate of drug-likeness (QED) is 0.759. The molecule has 0 aliphatic rings. The minimum atomic E-state index is 0.188. The molecule has 0 aliphatic heterocycles. The molecule has 90 valence electrons. The van der Waals surface area contributed by atoms with E-state index in [0.29, 0.717) is 0 Å². The number of unbranched alkanes of at least 4 members (excludes halogenated alkanes) is 2. The highest BCUT2D eigenvalue weighted by atomic mass is 15.0. The van der Waals surface area contributed by atoms with Crippen molar-refractivity contribution in [3.8, 4) is 0 Å². The minimum absolute atomic E-state index is 0.188. The number of hydrogen-bond donors (Lipinski definition) is 1. The zero-order valence-corrected chi connectivity index (χ0v) is 11.0. The second kappa shape index (κ2) is 5.88. The maximum atomic E-state index is 4.43. The van der Waals surface area contributed by atoms with Gasteiger partial charge in [-0.15, -0.1) is 0 Å². The van der Waals surface area contributed by atoms with E-state index < -0.39 is 0 Å². The molecule has 0 aromatic carbocycles. The molecule has 1 aromatic heterocycles. The maximum absolute atomic E-state index is 4.43. The topological polar surface area (TPSA) is 24.9 Å². The summed E-state index contributed by atoms with van der Waals surface area (Å²) in [5.41, 5.74) is 1.47. The molecule has 2 nitrogen and oxygen atoms in total. The molecule has 0 spiro atoms. The van der Waals surface area contributed by atoms with Crippen molar-refractivity contribution >= 4 is 5.82 Å². The fourth-order valence-corrected chi connectivity index (χ4v) is 1.53. The molecule has 0 aliphatic carbocycles. The van der Waals surface area contributed by atoms with Gasteiger partial charge >= 0.3 is 0 Å². The van der Waals surface area contributed by atoms with E-state index in [2.05, 4.69) is 50.1 Å². The maximum Gasteiger partial charge on any atom is 0.125 e. The first kappa shape index (κ1) is 13.0. The second-order valence-electron chi connectivity index (χ2n) is 5.32. The third-order valence-electron chi connectivity index (χ3n) is 2.72. The van der Waals surface area contributed by atoms with Gasteiger partial charge in [0.1, 0.15) is 5.82 Å². The van der Waals surface area contributed by atoms with E-state index in [-0.39, 0.29) is 5.41 Å². The third kappa shape index (κ3) is 4.21. The molecule has 0 amide bonds. The van der Waals surface area contributed by atoms with Crippen LogP contribution in [0.15, 0.2) is 18.3 Å². The van der Waals surface area contributed by atoms with Crippen LogP contribution in [0.3, 0.4) is 0 Å². The number of anilines is 1. The lowest BCUT2D eigenvalue weighted by Gasteiger charge is -2.18. The lowest BCUT2D eigenvalue weighted by atomic mass is 9.88. The normalized spacial score (nSPS) is 11.5. The van der Waals surface area contributed by atoms with Gasteiger partial charge < -0.3 is 5.32 Å². The van der Waals surface area contributed by atoms with Crippen LogP contribution in [0.25, 0.3) is 0 Å². The number of nitrogens with zero attached hydrogens (tertiary/aromatic N) is 1. The SMILES string of the molecule is CCCCCNc1ccc(C(C)(C)C)cn1. The van der Waals surface area contributed by atoms with Crippen molar-refractivity contribution in [1.82, 2.24) is 4.98 Å². The van der Waals surface area contributed by atoms with E-state index in [4.69, 9.17) is 0 Å². The van der Waals surface area contributed by atoms with Crippen LogP contribution >= 0.6 is 0 Å². The average molecular weight is 220 g/mol. The van der Waals surface area contributed by atoms with Gasteiger partial charge in [0.05, 0.1) is 0 Å². The van der Waals surface area contributed by atoms with Gasteiger partial charge in [0.15, 0.2) is 0 Å². The molecule has 1 heterocycles. The van der Waals surface area contributed by atoms with Gasteiger partial charge in [0.25, 0.3) is 0 Å². The number of aromatic nitrogens is 1. The lowest BCUT2D eigenvalue weighted by molar-refractivity contribution is 0.587. The van der Waals surface area contributed by atoms with Crippen LogP contribution in [-0.2, 0) is 5.41 Å². The van der Waals surface area contributed by atoms with Crippen molar-refractivity contribution in [1.29, 1.82) is 0 Å². The van der Waals surface area contributed by atoms with Gasteiger partial charge in [-0.05, 0) is 23.5 Å². The lowest BCUT2D eigenvalue weighted by Crippen LogP contribution is -2.12.